The molecule has 1 unspecified atom stereocenters. The Balaban J connectivity index is 1.62. The highest BCUT2D eigenvalue weighted by molar-refractivity contribution is 7.10. The van der Waals surface area contributed by atoms with Gasteiger partial charge in [-0.1, -0.05) is 5.10 Å². The maximum atomic E-state index is 5.48. The Morgan fingerprint density at radius 3 is 3.04 bits per heavy atom. The van der Waals surface area contributed by atoms with Crippen LogP contribution in [0.4, 0.5) is 5.95 Å². The first-order valence-electron chi connectivity index (χ1n) is 7.50. The van der Waals surface area contributed by atoms with Gasteiger partial charge in [-0.25, -0.2) is 0 Å². The average molecular weight is 339 g/mol. The van der Waals surface area contributed by atoms with E-state index in [0.717, 1.165) is 22.8 Å². The number of tetrazole rings is 1. The van der Waals surface area contributed by atoms with Crippen molar-refractivity contribution >= 4 is 23.0 Å². The summed E-state index contributed by atoms with van der Waals surface area (Å²) in [6.45, 7) is 2.37. The second kappa shape index (κ2) is 5.07. The van der Waals surface area contributed by atoms with E-state index in [1.807, 2.05) is 18.2 Å². The zero-order valence-electron chi connectivity index (χ0n) is 12.8. The minimum atomic E-state index is -0.0309. The summed E-state index contributed by atoms with van der Waals surface area (Å²) in [5.41, 5.74) is 3.19. The van der Waals surface area contributed by atoms with Gasteiger partial charge in [-0.2, -0.15) is 4.68 Å². The van der Waals surface area contributed by atoms with Crippen LogP contribution in [-0.2, 0) is 0 Å². The SMILES string of the molecule is Cc1ccsc1C1C=C(c2ccc3c(c2)OCO3)Nc2nnnn21. The maximum Gasteiger partial charge on any atom is 0.248 e. The van der Waals surface area contributed by atoms with Crippen molar-refractivity contribution in [2.45, 2.75) is 13.0 Å². The van der Waals surface area contributed by atoms with Gasteiger partial charge in [0.15, 0.2) is 11.5 Å². The first-order chi connectivity index (χ1) is 11.8. The molecule has 7 nitrogen and oxygen atoms in total. The highest BCUT2D eigenvalue weighted by atomic mass is 32.1. The van der Waals surface area contributed by atoms with Crippen LogP contribution in [0.3, 0.4) is 0 Å². The molecule has 0 saturated heterocycles. The largest absolute Gasteiger partial charge is 0.454 e. The highest BCUT2D eigenvalue weighted by Crippen LogP contribution is 2.38. The summed E-state index contributed by atoms with van der Waals surface area (Å²) in [7, 11) is 0. The number of allylic oxidation sites excluding steroid dienone is 1. The molecule has 1 N–H and O–H groups in total. The summed E-state index contributed by atoms with van der Waals surface area (Å²) >= 11 is 1.71. The third-order valence-electron chi connectivity index (χ3n) is 4.18. The Labute approximate surface area is 141 Å². The molecule has 120 valence electrons. The Hall–Kier alpha value is -2.87. The van der Waals surface area contributed by atoms with E-state index < -0.39 is 0 Å². The standard InChI is InChI=1S/C16H13N5O2S/c1-9-4-5-24-15(9)12-7-11(17-16-18-19-20-21(12)16)10-2-3-13-14(6-10)23-8-22-13/h2-7,12H,8H2,1H3,(H,17,18,20). The maximum absolute atomic E-state index is 5.48. The molecule has 2 aliphatic heterocycles. The minimum absolute atomic E-state index is 0.0309. The number of nitrogens with zero attached hydrogens (tertiary/aromatic N) is 4. The fraction of sp³-hybridized carbons (Fsp3) is 0.188. The lowest BCUT2D eigenvalue weighted by molar-refractivity contribution is 0.174. The second-order valence-corrected chi connectivity index (χ2v) is 6.58. The number of ether oxygens (including phenoxy) is 2. The summed E-state index contributed by atoms with van der Waals surface area (Å²) in [4.78, 5) is 1.23. The van der Waals surface area contributed by atoms with Crippen LogP contribution >= 0.6 is 11.3 Å². The smallest absolute Gasteiger partial charge is 0.248 e. The molecule has 0 saturated carbocycles. The molecule has 1 aromatic carbocycles. The highest BCUT2D eigenvalue weighted by Gasteiger charge is 2.27. The van der Waals surface area contributed by atoms with Crippen molar-refractivity contribution in [3.63, 3.8) is 0 Å². The Bertz CT molecular complexity index is 961. The Morgan fingerprint density at radius 2 is 2.17 bits per heavy atom. The van der Waals surface area contributed by atoms with Crippen molar-refractivity contribution < 1.29 is 9.47 Å². The van der Waals surface area contributed by atoms with Crippen LogP contribution < -0.4 is 14.8 Å². The molecule has 0 fully saturated rings. The fourth-order valence-corrected chi connectivity index (χ4v) is 3.94. The number of fused-ring (bicyclic) bond motifs is 2. The van der Waals surface area contributed by atoms with Gasteiger partial charge in [0, 0.05) is 16.1 Å². The predicted octanol–water partition coefficient (Wildman–Crippen LogP) is 2.83. The predicted molar refractivity (Wildman–Crippen MR) is 89.2 cm³/mol. The number of anilines is 1. The lowest BCUT2D eigenvalue weighted by atomic mass is 10.0. The summed E-state index contributed by atoms with van der Waals surface area (Å²) < 4.78 is 12.7. The molecule has 4 heterocycles. The number of aromatic nitrogens is 4. The van der Waals surface area contributed by atoms with Gasteiger partial charge in [0.1, 0.15) is 6.04 Å². The zero-order chi connectivity index (χ0) is 16.1. The van der Waals surface area contributed by atoms with Crippen molar-refractivity contribution in [2.24, 2.45) is 0 Å². The molecule has 0 aliphatic carbocycles. The van der Waals surface area contributed by atoms with Gasteiger partial charge in [-0.3, -0.25) is 0 Å². The summed E-state index contributed by atoms with van der Waals surface area (Å²) in [5.74, 6) is 2.15. The summed E-state index contributed by atoms with van der Waals surface area (Å²) in [6, 6.07) is 7.98. The average Bonchev–Trinajstić information content (AvgIpc) is 3.33. The molecule has 2 aromatic heterocycles. The van der Waals surface area contributed by atoms with Gasteiger partial charge in [-0.05, 0) is 58.6 Å². The molecule has 5 rings (SSSR count). The number of hydrogen-bond donors (Lipinski definition) is 1. The number of aryl methyl sites for hydroxylation is 1. The molecule has 0 amide bonds. The third-order valence-corrected chi connectivity index (χ3v) is 5.27. The molecule has 2 aliphatic rings. The van der Waals surface area contributed by atoms with Crippen LogP contribution in [0, 0.1) is 6.92 Å². The van der Waals surface area contributed by atoms with E-state index >= 15 is 0 Å². The van der Waals surface area contributed by atoms with E-state index in [2.05, 4.69) is 45.3 Å². The van der Waals surface area contributed by atoms with Gasteiger partial charge in [0.25, 0.3) is 0 Å². The molecule has 8 heteroatoms. The number of thiophene rings is 1. The van der Waals surface area contributed by atoms with Crippen LogP contribution in [-0.4, -0.2) is 27.0 Å². The van der Waals surface area contributed by atoms with E-state index in [9.17, 15) is 0 Å². The number of benzene rings is 1. The van der Waals surface area contributed by atoms with Crippen LogP contribution in [0.25, 0.3) is 5.70 Å². The van der Waals surface area contributed by atoms with E-state index in [-0.39, 0.29) is 12.8 Å². The summed E-state index contributed by atoms with van der Waals surface area (Å²) in [5, 5.41) is 17.4. The molecule has 0 spiro atoms. The van der Waals surface area contributed by atoms with E-state index in [1.165, 1.54) is 10.4 Å². The van der Waals surface area contributed by atoms with Gasteiger partial charge < -0.3 is 14.8 Å². The lowest BCUT2D eigenvalue weighted by Gasteiger charge is -2.23. The number of nitrogens with one attached hydrogen (secondary N) is 1. The fourth-order valence-electron chi connectivity index (χ4n) is 2.96. The molecule has 0 bridgehead atoms. The normalized spacial score (nSPS) is 18.0. The number of hydrogen-bond acceptors (Lipinski definition) is 7. The van der Waals surface area contributed by atoms with Crippen LogP contribution in [0.15, 0.2) is 35.7 Å². The Morgan fingerprint density at radius 1 is 1.25 bits per heavy atom. The van der Waals surface area contributed by atoms with E-state index in [1.54, 1.807) is 16.0 Å². The molecule has 3 aromatic rings. The van der Waals surface area contributed by atoms with Crippen molar-refractivity contribution in [3.8, 4) is 11.5 Å². The first-order valence-corrected chi connectivity index (χ1v) is 8.38. The second-order valence-electron chi connectivity index (χ2n) is 5.63. The van der Waals surface area contributed by atoms with Gasteiger partial charge in [0.05, 0.1) is 0 Å². The zero-order valence-corrected chi connectivity index (χ0v) is 13.6. The van der Waals surface area contributed by atoms with Crippen molar-refractivity contribution in [3.05, 3.63) is 51.7 Å². The van der Waals surface area contributed by atoms with Crippen molar-refractivity contribution in [2.75, 3.05) is 12.1 Å². The quantitative estimate of drug-likeness (QED) is 0.774. The lowest BCUT2D eigenvalue weighted by Crippen LogP contribution is -2.20. The van der Waals surface area contributed by atoms with Gasteiger partial charge >= 0.3 is 0 Å². The minimum Gasteiger partial charge on any atom is -0.454 e. The van der Waals surface area contributed by atoms with Crippen LogP contribution in [0.2, 0.25) is 0 Å². The Kier molecular flexibility index (Phi) is 2.86. The van der Waals surface area contributed by atoms with Gasteiger partial charge in [0.2, 0.25) is 12.7 Å². The van der Waals surface area contributed by atoms with Crippen molar-refractivity contribution in [1.82, 2.24) is 20.2 Å². The molecular weight excluding hydrogens is 326 g/mol. The van der Waals surface area contributed by atoms with Crippen LogP contribution in [0.5, 0.6) is 11.5 Å². The van der Waals surface area contributed by atoms with E-state index in [4.69, 9.17) is 9.47 Å². The molecular formula is C16H13N5O2S. The monoisotopic (exact) mass is 339 g/mol. The van der Waals surface area contributed by atoms with E-state index in [0.29, 0.717) is 5.95 Å². The molecule has 24 heavy (non-hydrogen) atoms. The number of rotatable bonds is 2. The topological polar surface area (TPSA) is 74.1 Å². The van der Waals surface area contributed by atoms with Crippen molar-refractivity contribution in [1.29, 1.82) is 0 Å². The molecule has 0 radical (unpaired) electrons. The van der Waals surface area contributed by atoms with Crippen LogP contribution in [0.1, 0.15) is 22.0 Å². The third kappa shape index (κ3) is 2.00. The first kappa shape index (κ1) is 13.6. The summed E-state index contributed by atoms with van der Waals surface area (Å²) in [6.07, 6.45) is 2.14. The molecule has 1 atom stereocenters. The van der Waals surface area contributed by atoms with Gasteiger partial charge in [-0.15, -0.1) is 11.3 Å².